The van der Waals surface area contributed by atoms with Crippen molar-refractivity contribution in [1.82, 2.24) is 5.43 Å². The lowest BCUT2D eigenvalue weighted by atomic mass is 9.99. The molecule has 2 aromatic carbocycles. The number of nitrogens with one attached hydrogen (secondary N) is 1. The molecule has 0 bridgehead atoms. The van der Waals surface area contributed by atoms with E-state index in [9.17, 15) is 0 Å². The van der Waals surface area contributed by atoms with E-state index < -0.39 is 0 Å². The quantitative estimate of drug-likeness (QED) is 0.576. The molecular formula is C15H16Br2N2O2. The molecule has 0 fully saturated rings. The molecule has 0 saturated heterocycles. The predicted octanol–water partition coefficient (Wildman–Crippen LogP) is 3.78. The molecule has 0 radical (unpaired) electrons. The Labute approximate surface area is 140 Å². The third-order valence-corrected chi connectivity index (χ3v) is 4.33. The Bertz CT molecular complexity index is 613. The summed E-state index contributed by atoms with van der Waals surface area (Å²) in [4.78, 5) is 0. The summed E-state index contributed by atoms with van der Waals surface area (Å²) in [5, 5.41) is 0. The van der Waals surface area contributed by atoms with Crippen LogP contribution in [0.4, 0.5) is 0 Å². The van der Waals surface area contributed by atoms with Gasteiger partial charge in [-0.05, 0) is 35.4 Å². The maximum absolute atomic E-state index is 5.76. The number of hydrogen-bond acceptors (Lipinski definition) is 4. The molecule has 0 aliphatic rings. The van der Waals surface area contributed by atoms with Crippen LogP contribution in [0.25, 0.3) is 0 Å². The summed E-state index contributed by atoms with van der Waals surface area (Å²) in [7, 11) is 3.25. The summed E-state index contributed by atoms with van der Waals surface area (Å²) < 4.78 is 12.6. The van der Waals surface area contributed by atoms with E-state index in [2.05, 4.69) is 37.3 Å². The zero-order valence-corrected chi connectivity index (χ0v) is 14.9. The average Bonchev–Trinajstić information content (AvgIpc) is 2.49. The number of nitrogens with two attached hydrogens (primary N) is 1. The van der Waals surface area contributed by atoms with Crippen molar-refractivity contribution in [3.05, 3.63) is 56.5 Å². The maximum atomic E-state index is 5.76. The molecular weight excluding hydrogens is 400 g/mol. The van der Waals surface area contributed by atoms with Gasteiger partial charge in [-0.15, -0.1) is 0 Å². The van der Waals surface area contributed by atoms with Crippen molar-refractivity contribution < 1.29 is 9.47 Å². The van der Waals surface area contributed by atoms with Crippen LogP contribution in [-0.2, 0) is 0 Å². The molecule has 3 N–H and O–H groups in total. The number of hydrogen-bond donors (Lipinski definition) is 2. The second-order valence-electron chi connectivity index (χ2n) is 4.41. The zero-order valence-electron chi connectivity index (χ0n) is 11.7. The monoisotopic (exact) mass is 414 g/mol. The summed E-state index contributed by atoms with van der Waals surface area (Å²) in [6.45, 7) is 0. The Morgan fingerprint density at radius 2 is 1.62 bits per heavy atom. The lowest BCUT2D eigenvalue weighted by Crippen LogP contribution is -2.29. The van der Waals surface area contributed by atoms with Crippen LogP contribution < -0.4 is 20.7 Å². The van der Waals surface area contributed by atoms with Crippen molar-refractivity contribution in [3.8, 4) is 11.5 Å². The second kappa shape index (κ2) is 7.26. The molecule has 0 aromatic heterocycles. The van der Waals surface area contributed by atoms with Gasteiger partial charge < -0.3 is 9.47 Å². The van der Waals surface area contributed by atoms with Crippen LogP contribution in [0.1, 0.15) is 17.2 Å². The van der Waals surface area contributed by atoms with Crippen molar-refractivity contribution >= 4 is 31.9 Å². The van der Waals surface area contributed by atoms with E-state index in [1.54, 1.807) is 14.2 Å². The van der Waals surface area contributed by atoms with Crippen LogP contribution in [0.5, 0.6) is 11.5 Å². The lowest BCUT2D eigenvalue weighted by Gasteiger charge is -2.20. The molecule has 0 aliphatic carbocycles. The first-order valence-electron chi connectivity index (χ1n) is 6.23. The molecule has 4 nitrogen and oxygen atoms in total. The SMILES string of the molecule is COc1cc(OC)cc(C(NN)c2ccc(Br)cc2Br)c1. The van der Waals surface area contributed by atoms with E-state index in [-0.39, 0.29) is 6.04 Å². The topological polar surface area (TPSA) is 56.5 Å². The van der Waals surface area contributed by atoms with E-state index in [1.165, 1.54) is 0 Å². The highest BCUT2D eigenvalue weighted by molar-refractivity contribution is 9.11. The number of benzene rings is 2. The Morgan fingerprint density at radius 1 is 1.00 bits per heavy atom. The molecule has 1 unspecified atom stereocenters. The van der Waals surface area contributed by atoms with Crippen molar-refractivity contribution in [1.29, 1.82) is 0 Å². The first-order valence-corrected chi connectivity index (χ1v) is 7.81. The van der Waals surface area contributed by atoms with Gasteiger partial charge in [-0.3, -0.25) is 5.84 Å². The second-order valence-corrected chi connectivity index (χ2v) is 6.18. The van der Waals surface area contributed by atoms with Crippen LogP contribution in [0, 0.1) is 0 Å². The van der Waals surface area contributed by atoms with Crippen molar-refractivity contribution in [2.24, 2.45) is 5.84 Å². The third kappa shape index (κ3) is 3.77. The Hall–Kier alpha value is -1.08. The molecule has 0 amide bonds. The van der Waals surface area contributed by atoms with Gasteiger partial charge in [0.2, 0.25) is 0 Å². The molecule has 0 spiro atoms. The summed E-state index contributed by atoms with van der Waals surface area (Å²) in [6, 6.07) is 11.5. The van der Waals surface area contributed by atoms with Gasteiger partial charge in [0.15, 0.2) is 0 Å². The van der Waals surface area contributed by atoms with Crippen LogP contribution in [0.2, 0.25) is 0 Å². The van der Waals surface area contributed by atoms with E-state index in [4.69, 9.17) is 15.3 Å². The van der Waals surface area contributed by atoms with E-state index >= 15 is 0 Å². The number of rotatable bonds is 5. The van der Waals surface area contributed by atoms with Crippen molar-refractivity contribution in [2.45, 2.75) is 6.04 Å². The highest BCUT2D eigenvalue weighted by Crippen LogP contribution is 2.33. The lowest BCUT2D eigenvalue weighted by molar-refractivity contribution is 0.392. The predicted molar refractivity (Wildman–Crippen MR) is 90.6 cm³/mol. The molecule has 2 rings (SSSR count). The summed E-state index contributed by atoms with van der Waals surface area (Å²) in [5.74, 6) is 7.20. The highest BCUT2D eigenvalue weighted by atomic mass is 79.9. The zero-order chi connectivity index (χ0) is 15.4. The maximum Gasteiger partial charge on any atom is 0.122 e. The number of ether oxygens (including phenoxy) is 2. The number of hydrazine groups is 1. The normalized spacial score (nSPS) is 12.0. The van der Waals surface area contributed by atoms with Gasteiger partial charge in [0.05, 0.1) is 20.3 Å². The van der Waals surface area contributed by atoms with Crippen LogP contribution in [0.3, 0.4) is 0 Å². The average molecular weight is 416 g/mol. The fraction of sp³-hybridized carbons (Fsp3) is 0.200. The first-order chi connectivity index (χ1) is 10.1. The Morgan fingerprint density at radius 3 is 2.10 bits per heavy atom. The molecule has 0 heterocycles. The molecule has 6 heteroatoms. The molecule has 2 aromatic rings. The number of halogens is 2. The summed E-state index contributed by atoms with van der Waals surface area (Å²) >= 11 is 7.02. The van der Waals surface area contributed by atoms with Gasteiger partial charge in [0, 0.05) is 15.0 Å². The molecule has 0 saturated carbocycles. The van der Waals surface area contributed by atoms with Gasteiger partial charge in [-0.25, -0.2) is 5.43 Å². The fourth-order valence-electron chi connectivity index (χ4n) is 2.10. The minimum Gasteiger partial charge on any atom is -0.497 e. The smallest absolute Gasteiger partial charge is 0.122 e. The van der Waals surface area contributed by atoms with E-state index in [0.717, 1.165) is 31.6 Å². The Balaban J connectivity index is 2.50. The standard InChI is InChI=1S/C15H16Br2N2O2/c1-20-11-5-9(6-12(8-11)21-2)15(19-18)13-4-3-10(16)7-14(13)17/h3-8,15,19H,18H2,1-2H3. The summed E-state index contributed by atoms with van der Waals surface area (Å²) in [5.41, 5.74) is 4.82. The van der Waals surface area contributed by atoms with Crippen molar-refractivity contribution in [2.75, 3.05) is 14.2 Å². The van der Waals surface area contributed by atoms with Crippen LogP contribution in [-0.4, -0.2) is 14.2 Å². The number of methoxy groups -OCH3 is 2. The van der Waals surface area contributed by atoms with Crippen LogP contribution >= 0.6 is 31.9 Å². The van der Waals surface area contributed by atoms with E-state index in [0.29, 0.717) is 0 Å². The minimum absolute atomic E-state index is 0.184. The minimum atomic E-state index is -0.184. The fourth-order valence-corrected chi connectivity index (χ4v) is 3.37. The first kappa shape index (κ1) is 16.3. The van der Waals surface area contributed by atoms with Gasteiger partial charge >= 0.3 is 0 Å². The molecule has 1 atom stereocenters. The molecule has 21 heavy (non-hydrogen) atoms. The third-order valence-electron chi connectivity index (χ3n) is 3.15. The van der Waals surface area contributed by atoms with Gasteiger partial charge in [-0.2, -0.15) is 0 Å². The highest BCUT2D eigenvalue weighted by Gasteiger charge is 2.17. The van der Waals surface area contributed by atoms with Gasteiger partial charge in [0.1, 0.15) is 11.5 Å². The van der Waals surface area contributed by atoms with Gasteiger partial charge in [0.25, 0.3) is 0 Å². The largest absolute Gasteiger partial charge is 0.497 e. The van der Waals surface area contributed by atoms with Crippen LogP contribution in [0.15, 0.2) is 45.3 Å². The van der Waals surface area contributed by atoms with Gasteiger partial charge in [-0.1, -0.05) is 37.9 Å². The molecule has 0 aliphatic heterocycles. The molecule has 112 valence electrons. The summed E-state index contributed by atoms with van der Waals surface area (Å²) in [6.07, 6.45) is 0. The Kier molecular flexibility index (Phi) is 5.64. The van der Waals surface area contributed by atoms with E-state index in [1.807, 2.05) is 36.4 Å². The van der Waals surface area contributed by atoms with Crippen molar-refractivity contribution in [3.63, 3.8) is 0 Å².